The van der Waals surface area contributed by atoms with Crippen LogP contribution in [0.5, 0.6) is 0 Å². The van der Waals surface area contributed by atoms with Crippen LogP contribution >= 0.6 is 22.6 Å². The molecule has 1 fully saturated rings. The Morgan fingerprint density at radius 1 is 1.33 bits per heavy atom. The molecule has 0 radical (unpaired) electrons. The molecule has 0 saturated carbocycles. The van der Waals surface area contributed by atoms with Gasteiger partial charge in [-0.1, -0.05) is 6.07 Å². The number of hydrogen-bond donors (Lipinski definition) is 2. The Kier molecular flexibility index (Phi) is 3.70. The van der Waals surface area contributed by atoms with Gasteiger partial charge >= 0.3 is 6.09 Å². The average molecular weight is 438 g/mol. The second-order valence-electron chi connectivity index (χ2n) is 6.00. The summed E-state index contributed by atoms with van der Waals surface area (Å²) < 4.78 is 2.44. The van der Waals surface area contributed by atoms with Crippen molar-refractivity contribution in [1.29, 1.82) is 0 Å². The highest BCUT2D eigenvalue weighted by molar-refractivity contribution is 14.1. The number of likely N-dealkylation sites (tertiary alicyclic amines) is 1. The van der Waals surface area contributed by atoms with E-state index in [4.69, 9.17) is 5.11 Å². The van der Waals surface area contributed by atoms with Crippen molar-refractivity contribution in [2.24, 2.45) is 0 Å². The molecule has 0 unspecified atom stereocenters. The van der Waals surface area contributed by atoms with Crippen molar-refractivity contribution in [1.82, 2.24) is 19.5 Å². The first-order valence-electron chi connectivity index (χ1n) is 7.72. The lowest BCUT2D eigenvalue weighted by molar-refractivity contribution is 0.131. The number of nitrogens with zero attached hydrogens (tertiary/aromatic N) is 3. The number of nitrogens with one attached hydrogen (secondary N) is 1. The van der Waals surface area contributed by atoms with Crippen molar-refractivity contribution in [3.63, 3.8) is 0 Å². The average Bonchev–Trinajstić information content (AvgIpc) is 2.95. The number of fused-ring (bicyclic) bond motifs is 3. The van der Waals surface area contributed by atoms with E-state index in [9.17, 15) is 9.59 Å². The van der Waals surface area contributed by atoms with Gasteiger partial charge in [-0.15, -0.1) is 0 Å². The lowest BCUT2D eigenvalue weighted by Gasteiger charge is -2.29. The Bertz CT molecular complexity index is 1000. The van der Waals surface area contributed by atoms with Crippen LogP contribution in [0.2, 0.25) is 0 Å². The largest absolute Gasteiger partial charge is 0.465 e. The summed E-state index contributed by atoms with van der Waals surface area (Å²) in [5.41, 5.74) is 2.19. The lowest BCUT2D eigenvalue weighted by Crippen LogP contribution is -2.37. The molecule has 1 aromatic carbocycles. The van der Waals surface area contributed by atoms with E-state index in [1.165, 1.54) is 9.42 Å². The minimum atomic E-state index is -0.881. The first-order valence-corrected chi connectivity index (χ1v) is 8.80. The number of H-pyrrole nitrogens is 1. The number of carboxylic acid groups (broad SMARTS) is 1. The minimum absolute atomic E-state index is 0.157. The molecule has 0 aliphatic carbocycles. The summed E-state index contributed by atoms with van der Waals surface area (Å²) in [4.78, 5) is 28.3. The van der Waals surface area contributed by atoms with Crippen LogP contribution in [0, 0.1) is 3.57 Å². The molecule has 1 aliphatic heterocycles. The van der Waals surface area contributed by atoms with Crippen LogP contribution in [0.1, 0.15) is 24.5 Å². The zero-order valence-electron chi connectivity index (χ0n) is 12.7. The van der Waals surface area contributed by atoms with Gasteiger partial charge < -0.3 is 15.0 Å². The van der Waals surface area contributed by atoms with Gasteiger partial charge in [-0.25, -0.2) is 4.79 Å². The second kappa shape index (κ2) is 5.76. The Balaban J connectivity index is 1.79. The Hall–Kier alpha value is -2.10. The van der Waals surface area contributed by atoms with Gasteiger partial charge in [-0.2, -0.15) is 9.61 Å². The maximum absolute atomic E-state index is 12.5. The summed E-state index contributed by atoms with van der Waals surface area (Å²) in [5.74, 6) is 0.157. The second-order valence-corrected chi connectivity index (χ2v) is 7.16. The molecule has 1 saturated heterocycles. The molecule has 4 rings (SSSR count). The molecule has 3 heterocycles. The van der Waals surface area contributed by atoms with Crippen molar-refractivity contribution in [3.05, 3.63) is 43.9 Å². The van der Waals surface area contributed by atoms with E-state index in [-0.39, 0.29) is 11.5 Å². The van der Waals surface area contributed by atoms with Crippen molar-refractivity contribution >= 4 is 45.2 Å². The van der Waals surface area contributed by atoms with Crippen molar-refractivity contribution in [2.45, 2.75) is 18.8 Å². The van der Waals surface area contributed by atoms with Crippen LogP contribution in [0.25, 0.3) is 16.6 Å². The van der Waals surface area contributed by atoms with E-state index in [1.54, 1.807) is 6.07 Å². The zero-order chi connectivity index (χ0) is 16.8. The number of rotatable bonds is 1. The van der Waals surface area contributed by atoms with Gasteiger partial charge in [0.05, 0.1) is 10.9 Å². The van der Waals surface area contributed by atoms with E-state index in [0.29, 0.717) is 31.6 Å². The number of aromatic amines is 1. The van der Waals surface area contributed by atoms with E-state index in [0.717, 1.165) is 20.2 Å². The smallest absolute Gasteiger partial charge is 0.407 e. The molecular formula is C16H15IN4O3. The number of benzene rings is 1. The molecule has 1 amide bonds. The predicted molar refractivity (Wildman–Crippen MR) is 97.6 cm³/mol. The van der Waals surface area contributed by atoms with Gasteiger partial charge in [-0.3, -0.25) is 4.79 Å². The molecule has 124 valence electrons. The Labute approximate surface area is 150 Å². The Morgan fingerprint density at radius 3 is 2.79 bits per heavy atom. The third-order valence-corrected chi connectivity index (χ3v) is 5.50. The number of halogens is 1. The molecule has 2 aromatic heterocycles. The summed E-state index contributed by atoms with van der Waals surface area (Å²) in [7, 11) is 0. The van der Waals surface area contributed by atoms with Crippen LogP contribution in [-0.4, -0.2) is 43.8 Å². The van der Waals surface area contributed by atoms with Gasteiger partial charge in [0, 0.05) is 34.3 Å². The topological polar surface area (TPSA) is 90.7 Å². The number of carbonyl (C=O) groups is 1. The lowest BCUT2D eigenvalue weighted by atomic mass is 9.93. The van der Waals surface area contributed by atoms with E-state index in [2.05, 4.69) is 32.7 Å². The van der Waals surface area contributed by atoms with Gasteiger partial charge in [0.2, 0.25) is 0 Å². The molecule has 3 aromatic rings. The van der Waals surface area contributed by atoms with Gasteiger partial charge in [-0.05, 0) is 47.6 Å². The number of amides is 1. The summed E-state index contributed by atoms with van der Waals surface area (Å²) in [5, 5.41) is 14.4. The standard InChI is InChI=1S/C16H15IN4O3/c17-10-2-1-3-11-14(10)15-18-12(8-13(22)21(15)19-11)9-4-6-20(7-5-9)16(23)24/h1-3,8-9,18H,4-7H2,(H,23,24). The summed E-state index contributed by atoms with van der Waals surface area (Å²) in [6.07, 6.45) is 0.539. The monoisotopic (exact) mass is 438 g/mol. The number of hydrogen-bond acceptors (Lipinski definition) is 3. The zero-order valence-corrected chi connectivity index (χ0v) is 14.9. The van der Waals surface area contributed by atoms with Crippen molar-refractivity contribution < 1.29 is 9.90 Å². The SMILES string of the molecule is O=C(O)N1CCC(c2cc(=O)n3nc4cccc(I)c4c3[nH]2)CC1. The Morgan fingerprint density at radius 2 is 2.08 bits per heavy atom. The van der Waals surface area contributed by atoms with Crippen molar-refractivity contribution in [2.75, 3.05) is 13.1 Å². The third kappa shape index (κ3) is 2.45. The van der Waals surface area contributed by atoms with Gasteiger partial charge in [0.25, 0.3) is 5.56 Å². The fourth-order valence-electron chi connectivity index (χ4n) is 3.34. The highest BCUT2D eigenvalue weighted by Crippen LogP contribution is 2.28. The first-order chi connectivity index (χ1) is 11.5. The summed E-state index contributed by atoms with van der Waals surface area (Å²) >= 11 is 2.24. The molecule has 8 heteroatoms. The molecule has 24 heavy (non-hydrogen) atoms. The molecule has 1 aliphatic rings. The fraction of sp³-hybridized carbons (Fsp3) is 0.312. The molecule has 0 bridgehead atoms. The van der Waals surface area contributed by atoms with Crippen LogP contribution < -0.4 is 5.56 Å². The highest BCUT2D eigenvalue weighted by atomic mass is 127. The number of piperidine rings is 1. The van der Waals surface area contributed by atoms with Crippen LogP contribution in [0.4, 0.5) is 4.79 Å². The molecule has 0 spiro atoms. The van der Waals surface area contributed by atoms with E-state index in [1.807, 2.05) is 18.2 Å². The summed E-state index contributed by atoms with van der Waals surface area (Å²) in [6.45, 7) is 0.982. The maximum atomic E-state index is 12.5. The predicted octanol–water partition coefficient (Wildman–Crippen LogP) is 2.64. The molecule has 7 nitrogen and oxygen atoms in total. The molecular weight excluding hydrogens is 423 g/mol. The van der Waals surface area contributed by atoms with Crippen LogP contribution in [-0.2, 0) is 0 Å². The van der Waals surface area contributed by atoms with E-state index >= 15 is 0 Å². The van der Waals surface area contributed by atoms with E-state index < -0.39 is 6.09 Å². The van der Waals surface area contributed by atoms with Gasteiger partial charge in [0.15, 0.2) is 0 Å². The first kappa shape index (κ1) is 15.4. The quantitative estimate of drug-likeness (QED) is 0.572. The highest BCUT2D eigenvalue weighted by Gasteiger charge is 2.25. The number of aromatic nitrogens is 3. The third-order valence-electron chi connectivity index (χ3n) is 4.60. The van der Waals surface area contributed by atoms with Crippen molar-refractivity contribution in [3.8, 4) is 0 Å². The van der Waals surface area contributed by atoms with Crippen LogP contribution in [0.15, 0.2) is 29.1 Å². The summed E-state index contributed by atoms with van der Waals surface area (Å²) in [6, 6.07) is 7.39. The normalized spacial score (nSPS) is 16.1. The molecule has 2 N–H and O–H groups in total. The molecule has 0 atom stereocenters. The maximum Gasteiger partial charge on any atom is 0.407 e. The van der Waals surface area contributed by atoms with Crippen LogP contribution in [0.3, 0.4) is 0 Å². The fourth-order valence-corrected chi connectivity index (χ4v) is 4.08. The van der Waals surface area contributed by atoms with Gasteiger partial charge in [0.1, 0.15) is 5.65 Å². The minimum Gasteiger partial charge on any atom is -0.465 e.